The van der Waals surface area contributed by atoms with Gasteiger partial charge in [0, 0.05) is 37.2 Å². The highest BCUT2D eigenvalue weighted by Gasteiger charge is 2.06. The predicted molar refractivity (Wildman–Crippen MR) is 91.3 cm³/mol. The molecule has 0 bridgehead atoms. The first-order chi connectivity index (χ1) is 11.1. The summed E-state index contributed by atoms with van der Waals surface area (Å²) in [4.78, 5) is 22.5. The largest absolute Gasteiger partial charge is 0.366 e. The molecule has 0 unspecified atom stereocenters. The van der Waals surface area contributed by atoms with Crippen LogP contribution in [-0.4, -0.2) is 48.0 Å². The molecule has 1 amide bonds. The third-order valence-corrected chi connectivity index (χ3v) is 3.31. The molecular weight excluding hydrogens is 290 g/mol. The summed E-state index contributed by atoms with van der Waals surface area (Å²) in [7, 11) is 4.04. The summed E-state index contributed by atoms with van der Waals surface area (Å²) in [6.07, 6.45) is 6.07. The van der Waals surface area contributed by atoms with E-state index in [0.717, 1.165) is 18.5 Å². The van der Waals surface area contributed by atoms with Crippen LogP contribution >= 0.6 is 0 Å². The van der Waals surface area contributed by atoms with Crippen molar-refractivity contribution in [2.45, 2.75) is 13.0 Å². The van der Waals surface area contributed by atoms with E-state index in [-0.39, 0.29) is 5.91 Å². The lowest BCUT2D eigenvalue weighted by molar-refractivity contribution is 0.0952. The average molecular weight is 313 g/mol. The number of hydrogen-bond donors (Lipinski definition) is 2. The van der Waals surface area contributed by atoms with Crippen molar-refractivity contribution in [1.82, 2.24) is 20.2 Å². The summed E-state index contributed by atoms with van der Waals surface area (Å²) in [5.74, 6) is 0.612. The van der Waals surface area contributed by atoms with Gasteiger partial charge in [-0.05, 0) is 56.9 Å². The number of anilines is 1. The Morgan fingerprint density at radius 1 is 1.17 bits per heavy atom. The SMILES string of the molecule is CN(C)CCCNC(=O)c1ccnc(NCc2ccncc2)c1. The van der Waals surface area contributed by atoms with Gasteiger partial charge in [0.25, 0.3) is 5.91 Å². The molecule has 0 spiro atoms. The summed E-state index contributed by atoms with van der Waals surface area (Å²) < 4.78 is 0. The van der Waals surface area contributed by atoms with Crippen LogP contribution in [0.5, 0.6) is 0 Å². The van der Waals surface area contributed by atoms with Gasteiger partial charge in [-0.25, -0.2) is 4.98 Å². The number of carbonyl (C=O) groups excluding carboxylic acids is 1. The molecule has 0 saturated heterocycles. The lowest BCUT2D eigenvalue weighted by Gasteiger charge is -2.10. The van der Waals surface area contributed by atoms with Crippen molar-refractivity contribution in [3.8, 4) is 0 Å². The van der Waals surface area contributed by atoms with Gasteiger partial charge in [0.1, 0.15) is 5.82 Å². The van der Waals surface area contributed by atoms with Crippen LogP contribution in [0.1, 0.15) is 22.3 Å². The van der Waals surface area contributed by atoms with Crippen molar-refractivity contribution in [3.63, 3.8) is 0 Å². The van der Waals surface area contributed by atoms with Crippen molar-refractivity contribution in [3.05, 3.63) is 54.0 Å². The minimum Gasteiger partial charge on any atom is -0.366 e. The number of nitrogens with one attached hydrogen (secondary N) is 2. The highest BCUT2D eigenvalue weighted by molar-refractivity contribution is 5.94. The minimum atomic E-state index is -0.0712. The summed E-state index contributed by atoms with van der Waals surface area (Å²) in [5.41, 5.74) is 1.72. The maximum Gasteiger partial charge on any atom is 0.251 e. The molecule has 122 valence electrons. The number of pyridine rings is 2. The molecule has 2 aromatic heterocycles. The predicted octanol–water partition coefficient (Wildman–Crippen LogP) is 1.77. The van der Waals surface area contributed by atoms with E-state index >= 15 is 0 Å². The fraction of sp³-hybridized carbons (Fsp3) is 0.353. The van der Waals surface area contributed by atoms with Crippen LogP contribution in [0, 0.1) is 0 Å². The molecule has 0 aliphatic carbocycles. The average Bonchev–Trinajstić information content (AvgIpc) is 2.58. The van der Waals surface area contributed by atoms with Crippen molar-refractivity contribution in [2.75, 3.05) is 32.5 Å². The molecule has 6 heteroatoms. The zero-order chi connectivity index (χ0) is 16.5. The monoisotopic (exact) mass is 313 g/mol. The van der Waals surface area contributed by atoms with E-state index < -0.39 is 0 Å². The first-order valence-electron chi connectivity index (χ1n) is 7.67. The topological polar surface area (TPSA) is 70.2 Å². The summed E-state index contributed by atoms with van der Waals surface area (Å²) in [6, 6.07) is 7.37. The molecule has 2 aromatic rings. The molecule has 0 fully saturated rings. The number of nitrogens with zero attached hydrogens (tertiary/aromatic N) is 3. The Morgan fingerprint density at radius 2 is 1.96 bits per heavy atom. The quantitative estimate of drug-likeness (QED) is 0.727. The molecule has 0 aliphatic heterocycles. The first-order valence-corrected chi connectivity index (χ1v) is 7.67. The molecule has 0 aromatic carbocycles. The van der Waals surface area contributed by atoms with Crippen LogP contribution in [0.25, 0.3) is 0 Å². The normalized spacial score (nSPS) is 10.6. The van der Waals surface area contributed by atoms with E-state index in [0.29, 0.717) is 24.5 Å². The Kier molecular flexibility index (Phi) is 6.50. The smallest absolute Gasteiger partial charge is 0.251 e. The van der Waals surface area contributed by atoms with Crippen molar-refractivity contribution in [2.24, 2.45) is 0 Å². The van der Waals surface area contributed by atoms with Crippen LogP contribution in [-0.2, 0) is 6.54 Å². The summed E-state index contributed by atoms with van der Waals surface area (Å²) >= 11 is 0. The minimum absolute atomic E-state index is 0.0712. The number of rotatable bonds is 8. The lowest BCUT2D eigenvalue weighted by Crippen LogP contribution is -2.27. The van der Waals surface area contributed by atoms with Gasteiger partial charge in [-0.2, -0.15) is 0 Å². The van der Waals surface area contributed by atoms with Gasteiger partial charge in [0.15, 0.2) is 0 Å². The third-order valence-electron chi connectivity index (χ3n) is 3.31. The lowest BCUT2D eigenvalue weighted by atomic mass is 10.2. The highest BCUT2D eigenvalue weighted by atomic mass is 16.1. The van der Waals surface area contributed by atoms with E-state index in [1.807, 2.05) is 26.2 Å². The molecule has 23 heavy (non-hydrogen) atoms. The van der Waals surface area contributed by atoms with Gasteiger partial charge in [-0.3, -0.25) is 9.78 Å². The highest BCUT2D eigenvalue weighted by Crippen LogP contribution is 2.08. The molecular formula is C17H23N5O. The Morgan fingerprint density at radius 3 is 2.70 bits per heavy atom. The molecule has 6 nitrogen and oxygen atoms in total. The Hall–Kier alpha value is -2.47. The maximum absolute atomic E-state index is 12.1. The van der Waals surface area contributed by atoms with E-state index in [9.17, 15) is 4.79 Å². The second kappa shape index (κ2) is 8.85. The Balaban J connectivity index is 1.85. The van der Waals surface area contributed by atoms with E-state index in [1.165, 1.54) is 0 Å². The van der Waals surface area contributed by atoms with Crippen molar-refractivity contribution < 1.29 is 4.79 Å². The van der Waals surface area contributed by atoms with E-state index in [4.69, 9.17) is 0 Å². The molecule has 0 saturated carbocycles. The number of hydrogen-bond acceptors (Lipinski definition) is 5. The van der Waals surface area contributed by atoms with Crippen molar-refractivity contribution in [1.29, 1.82) is 0 Å². The fourth-order valence-corrected chi connectivity index (χ4v) is 2.06. The van der Waals surface area contributed by atoms with E-state index in [2.05, 4.69) is 25.5 Å². The molecule has 2 N–H and O–H groups in total. The fourth-order valence-electron chi connectivity index (χ4n) is 2.06. The van der Waals surface area contributed by atoms with Gasteiger partial charge < -0.3 is 15.5 Å². The molecule has 2 rings (SSSR count). The van der Waals surface area contributed by atoms with Gasteiger partial charge in [-0.1, -0.05) is 0 Å². The Bertz CT molecular complexity index is 615. The zero-order valence-corrected chi connectivity index (χ0v) is 13.6. The van der Waals surface area contributed by atoms with Gasteiger partial charge in [0.2, 0.25) is 0 Å². The van der Waals surface area contributed by atoms with Crippen LogP contribution in [0.15, 0.2) is 42.9 Å². The Labute approximate surface area is 137 Å². The van der Waals surface area contributed by atoms with E-state index in [1.54, 1.807) is 30.7 Å². The zero-order valence-electron chi connectivity index (χ0n) is 13.6. The van der Waals surface area contributed by atoms with Crippen LogP contribution in [0.3, 0.4) is 0 Å². The molecule has 0 aliphatic rings. The second-order valence-electron chi connectivity index (χ2n) is 5.55. The third kappa shape index (κ3) is 6.04. The van der Waals surface area contributed by atoms with Gasteiger partial charge in [-0.15, -0.1) is 0 Å². The van der Waals surface area contributed by atoms with Gasteiger partial charge in [0.05, 0.1) is 0 Å². The maximum atomic E-state index is 12.1. The number of aromatic nitrogens is 2. The number of carbonyl (C=O) groups is 1. The van der Waals surface area contributed by atoms with Crippen LogP contribution in [0.2, 0.25) is 0 Å². The van der Waals surface area contributed by atoms with Crippen molar-refractivity contribution >= 4 is 11.7 Å². The number of amides is 1. The summed E-state index contributed by atoms with van der Waals surface area (Å²) in [6.45, 7) is 2.26. The van der Waals surface area contributed by atoms with Gasteiger partial charge >= 0.3 is 0 Å². The molecule has 0 atom stereocenters. The molecule has 2 heterocycles. The first kappa shape index (κ1) is 16.9. The standard InChI is InChI=1S/C17H23N5O/c1-22(2)11-3-7-20-17(23)15-6-10-19-16(12-15)21-13-14-4-8-18-9-5-14/h4-6,8-10,12H,3,7,11,13H2,1-2H3,(H,19,21)(H,20,23). The molecule has 0 radical (unpaired) electrons. The second-order valence-corrected chi connectivity index (χ2v) is 5.55. The summed E-state index contributed by atoms with van der Waals surface area (Å²) in [5, 5.41) is 6.14. The van der Waals surface area contributed by atoms with Crippen LogP contribution in [0.4, 0.5) is 5.82 Å². The van der Waals surface area contributed by atoms with Crippen LogP contribution < -0.4 is 10.6 Å².